The lowest BCUT2D eigenvalue weighted by atomic mass is 10.2. The van der Waals surface area contributed by atoms with Gasteiger partial charge in [0.1, 0.15) is 12.4 Å². The number of nitrogens with one attached hydrogen (secondary N) is 1. The summed E-state index contributed by atoms with van der Waals surface area (Å²) in [5.41, 5.74) is 3.09. The average molecular weight is 329 g/mol. The summed E-state index contributed by atoms with van der Waals surface area (Å²) in [6, 6.07) is 7.22. The molecule has 1 fully saturated rings. The largest absolute Gasteiger partial charge is 0.490 e. The first-order valence-corrected chi connectivity index (χ1v) is 8.17. The van der Waals surface area contributed by atoms with E-state index in [2.05, 4.69) is 17.1 Å². The van der Waals surface area contributed by atoms with Crippen molar-refractivity contribution < 1.29 is 14.3 Å². The van der Waals surface area contributed by atoms with E-state index in [0.717, 1.165) is 37.0 Å². The lowest BCUT2D eigenvalue weighted by molar-refractivity contribution is -0.145. The van der Waals surface area contributed by atoms with Gasteiger partial charge in [0.15, 0.2) is 0 Å². The zero-order valence-corrected chi connectivity index (χ0v) is 13.7. The van der Waals surface area contributed by atoms with Crippen LogP contribution >= 0.6 is 0 Å². The van der Waals surface area contributed by atoms with Crippen LogP contribution in [0.25, 0.3) is 0 Å². The Bertz CT molecular complexity index is 588. The summed E-state index contributed by atoms with van der Waals surface area (Å²) >= 11 is 0. The van der Waals surface area contributed by atoms with Crippen molar-refractivity contribution in [2.75, 3.05) is 19.7 Å². The van der Waals surface area contributed by atoms with Gasteiger partial charge in [-0.3, -0.25) is 9.59 Å². The van der Waals surface area contributed by atoms with Crippen LogP contribution in [0.2, 0.25) is 0 Å². The van der Waals surface area contributed by atoms with Gasteiger partial charge in [-0.05, 0) is 42.7 Å². The van der Waals surface area contributed by atoms with Crippen molar-refractivity contribution in [1.29, 1.82) is 0 Å². The molecule has 0 aliphatic carbocycles. The van der Waals surface area contributed by atoms with Crippen LogP contribution in [-0.4, -0.2) is 42.6 Å². The molecule has 1 aliphatic rings. The van der Waals surface area contributed by atoms with Crippen LogP contribution in [0.4, 0.5) is 0 Å². The second-order valence-electron chi connectivity index (χ2n) is 5.57. The summed E-state index contributed by atoms with van der Waals surface area (Å²) in [5, 5.41) is 3.84. The van der Waals surface area contributed by atoms with Gasteiger partial charge in [0, 0.05) is 13.1 Å². The van der Waals surface area contributed by atoms with Gasteiger partial charge in [-0.2, -0.15) is 5.10 Å². The number of carbonyl (C=O) groups is 2. The molecule has 128 valence electrons. The molecule has 6 nitrogen and oxygen atoms in total. The maximum atomic E-state index is 12.1. The Morgan fingerprint density at radius 2 is 1.83 bits per heavy atom. The number of likely N-dealkylation sites (tertiary alicyclic amines) is 1. The number of carbonyl (C=O) groups excluding carboxylic acids is 2. The number of benzene rings is 1. The highest BCUT2D eigenvalue weighted by Gasteiger charge is 2.22. The minimum absolute atomic E-state index is 0.447. The molecule has 0 saturated carbocycles. The van der Waals surface area contributed by atoms with Crippen molar-refractivity contribution in [2.45, 2.75) is 25.7 Å². The maximum absolute atomic E-state index is 12.1. The predicted octanol–water partition coefficient (Wildman–Crippen LogP) is 2.10. The minimum atomic E-state index is -0.695. The van der Waals surface area contributed by atoms with Crippen molar-refractivity contribution in [2.24, 2.45) is 5.10 Å². The van der Waals surface area contributed by atoms with E-state index >= 15 is 0 Å². The molecule has 1 N–H and O–H groups in total. The second-order valence-corrected chi connectivity index (χ2v) is 5.57. The molecule has 0 aromatic heterocycles. The molecular weight excluding hydrogens is 306 g/mol. The molecule has 1 heterocycles. The third kappa shape index (κ3) is 5.53. The maximum Gasteiger partial charge on any atom is 0.329 e. The molecule has 0 atom stereocenters. The highest BCUT2D eigenvalue weighted by Crippen LogP contribution is 2.11. The van der Waals surface area contributed by atoms with Crippen LogP contribution in [0.3, 0.4) is 0 Å². The molecule has 2 rings (SSSR count). The summed E-state index contributed by atoms with van der Waals surface area (Å²) in [5.74, 6) is -0.478. The summed E-state index contributed by atoms with van der Waals surface area (Å²) in [4.78, 5) is 25.5. The lowest BCUT2D eigenvalue weighted by Crippen LogP contribution is -2.41. The number of rotatable bonds is 5. The Hall–Kier alpha value is -2.63. The Labute approximate surface area is 142 Å². The first kappa shape index (κ1) is 17.7. The molecule has 1 saturated heterocycles. The number of hydrazone groups is 1. The van der Waals surface area contributed by atoms with Crippen molar-refractivity contribution in [3.8, 4) is 5.75 Å². The van der Waals surface area contributed by atoms with Crippen molar-refractivity contribution >= 4 is 18.0 Å². The van der Waals surface area contributed by atoms with E-state index < -0.39 is 11.8 Å². The predicted molar refractivity (Wildman–Crippen MR) is 92.9 cm³/mol. The fourth-order valence-electron chi connectivity index (χ4n) is 2.44. The van der Waals surface area contributed by atoms with Crippen LogP contribution in [0.5, 0.6) is 5.75 Å². The highest BCUT2D eigenvalue weighted by molar-refractivity contribution is 6.35. The minimum Gasteiger partial charge on any atom is -0.490 e. The van der Waals surface area contributed by atoms with Gasteiger partial charge in [-0.15, -0.1) is 0 Å². The van der Waals surface area contributed by atoms with E-state index in [1.807, 2.05) is 12.1 Å². The van der Waals surface area contributed by atoms with E-state index in [4.69, 9.17) is 4.74 Å². The highest BCUT2D eigenvalue weighted by atomic mass is 16.5. The summed E-state index contributed by atoms with van der Waals surface area (Å²) in [6.45, 7) is 5.31. The van der Waals surface area contributed by atoms with Gasteiger partial charge in [-0.1, -0.05) is 25.5 Å². The average Bonchev–Trinajstić information content (AvgIpc) is 2.89. The van der Waals surface area contributed by atoms with Crippen molar-refractivity contribution in [1.82, 2.24) is 10.3 Å². The van der Waals surface area contributed by atoms with Gasteiger partial charge in [0.25, 0.3) is 0 Å². The number of ether oxygens (including phenoxy) is 1. The molecule has 1 aromatic rings. The van der Waals surface area contributed by atoms with Gasteiger partial charge in [0.05, 0.1) is 6.21 Å². The fourth-order valence-corrected chi connectivity index (χ4v) is 2.44. The molecule has 0 radical (unpaired) electrons. The van der Waals surface area contributed by atoms with Crippen LogP contribution in [0.1, 0.15) is 31.2 Å². The lowest BCUT2D eigenvalue weighted by Gasteiger charge is -2.18. The first-order valence-electron chi connectivity index (χ1n) is 8.17. The molecule has 0 unspecified atom stereocenters. The Morgan fingerprint density at radius 1 is 1.17 bits per heavy atom. The van der Waals surface area contributed by atoms with Crippen LogP contribution < -0.4 is 10.2 Å². The topological polar surface area (TPSA) is 71.0 Å². The van der Waals surface area contributed by atoms with E-state index in [0.29, 0.717) is 19.7 Å². The third-order valence-electron chi connectivity index (χ3n) is 3.72. The van der Waals surface area contributed by atoms with E-state index in [9.17, 15) is 9.59 Å². The molecule has 24 heavy (non-hydrogen) atoms. The summed E-state index contributed by atoms with van der Waals surface area (Å²) in [7, 11) is 0. The standard InChI is InChI=1S/C18H23N3O3/c1-2-13-24-16-9-7-15(8-10-16)14-19-20-17(22)18(23)21-11-5-3-4-6-12-21/h2,7-10,14H,1,3-6,11-13H2,(H,20,22)/b19-14-. The molecule has 0 bridgehead atoms. The zero-order valence-electron chi connectivity index (χ0n) is 13.7. The SMILES string of the molecule is C=CCOc1ccc(/C=N\NC(=O)C(=O)N2CCCCCC2)cc1. The molecular formula is C18H23N3O3. The van der Waals surface area contributed by atoms with Crippen molar-refractivity contribution in [3.63, 3.8) is 0 Å². The third-order valence-corrected chi connectivity index (χ3v) is 3.72. The van der Waals surface area contributed by atoms with Crippen LogP contribution in [0.15, 0.2) is 42.0 Å². The number of amides is 2. The van der Waals surface area contributed by atoms with Gasteiger partial charge in [0.2, 0.25) is 0 Å². The second kappa shape index (κ2) is 9.50. The Balaban J connectivity index is 1.82. The molecule has 2 amide bonds. The van der Waals surface area contributed by atoms with E-state index in [1.54, 1.807) is 23.1 Å². The molecule has 0 spiro atoms. The van der Waals surface area contributed by atoms with Crippen molar-refractivity contribution in [3.05, 3.63) is 42.5 Å². The van der Waals surface area contributed by atoms with E-state index in [1.165, 1.54) is 6.21 Å². The molecule has 1 aromatic carbocycles. The number of hydrogen-bond acceptors (Lipinski definition) is 4. The first-order chi connectivity index (χ1) is 11.7. The normalized spacial score (nSPS) is 14.9. The van der Waals surface area contributed by atoms with Gasteiger partial charge < -0.3 is 9.64 Å². The van der Waals surface area contributed by atoms with Gasteiger partial charge in [-0.25, -0.2) is 5.43 Å². The number of hydrogen-bond donors (Lipinski definition) is 1. The molecule has 6 heteroatoms. The Morgan fingerprint density at radius 3 is 2.46 bits per heavy atom. The number of nitrogens with zero attached hydrogens (tertiary/aromatic N) is 2. The van der Waals surface area contributed by atoms with Crippen LogP contribution in [-0.2, 0) is 9.59 Å². The monoisotopic (exact) mass is 329 g/mol. The fraction of sp³-hybridized carbons (Fsp3) is 0.389. The smallest absolute Gasteiger partial charge is 0.329 e. The zero-order chi connectivity index (χ0) is 17.2. The van der Waals surface area contributed by atoms with E-state index in [-0.39, 0.29) is 0 Å². The van der Waals surface area contributed by atoms with Crippen LogP contribution in [0, 0.1) is 0 Å². The van der Waals surface area contributed by atoms with Gasteiger partial charge >= 0.3 is 11.8 Å². The summed E-state index contributed by atoms with van der Waals surface area (Å²) in [6.07, 6.45) is 7.27. The Kier molecular flexibility index (Phi) is 7.01. The summed E-state index contributed by atoms with van der Waals surface area (Å²) < 4.78 is 5.38. The molecule has 1 aliphatic heterocycles. The quantitative estimate of drug-likeness (QED) is 0.389.